The number of fused-ring (bicyclic) bond motifs is 9. The lowest BCUT2D eigenvalue weighted by atomic mass is 9.80. The highest BCUT2D eigenvalue weighted by molar-refractivity contribution is 6.21. The molecule has 9 aromatic carbocycles. The summed E-state index contributed by atoms with van der Waals surface area (Å²) >= 11 is 0. The fraction of sp³-hybridized carbons (Fsp3) is 0.111. The average molecular weight is 689 g/mol. The average Bonchev–Trinajstić information content (AvgIpc) is 3.57. The first-order chi connectivity index (χ1) is 26.3. The molecule has 0 N–H and O–H groups in total. The summed E-state index contributed by atoms with van der Waals surface area (Å²) in [5.74, 6) is 0. The lowest BCUT2D eigenvalue weighted by molar-refractivity contribution is 0.660. The van der Waals surface area contributed by atoms with Crippen LogP contribution in [0.25, 0.3) is 88.0 Å². The van der Waals surface area contributed by atoms with Crippen LogP contribution in [0.4, 0.5) is 0 Å². The molecule has 0 amide bonds. The van der Waals surface area contributed by atoms with Crippen LogP contribution in [0, 0.1) is 0 Å². The molecule has 0 saturated heterocycles. The second-order valence-electron chi connectivity index (χ2n) is 16.5. The standard InChI is InChI=1S/C54H40/c1-53(2)47-23-12-11-18-39(47)40-27-25-38(32-49(40)53)52-44-21-9-7-19-42(44)51(43-20-8-10-22-45(43)52)37-17-13-16-33(28-37)36-24-26-41-46-29-34-14-5-6-15-35(34)30-50(46)54(3,4)48(41)31-36/h5-32H,1-4H3. The lowest BCUT2D eigenvalue weighted by Crippen LogP contribution is -2.15. The van der Waals surface area contributed by atoms with Gasteiger partial charge in [0.1, 0.15) is 0 Å². The molecule has 0 heterocycles. The first-order valence-electron chi connectivity index (χ1n) is 19.3. The quantitative estimate of drug-likeness (QED) is 0.162. The summed E-state index contributed by atoms with van der Waals surface area (Å²) in [6.07, 6.45) is 0. The van der Waals surface area contributed by atoms with Crippen molar-refractivity contribution in [2.45, 2.75) is 38.5 Å². The fourth-order valence-corrected chi connectivity index (χ4v) is 10.1. The maximum absolute atomic E-state index is 2.47. The van der Waals surface area contributed by atoms with E-state index in [0.717, 1.165) is 0 Å². The molecule has 0 bridgehead atoms. The Morgan fingerprint density at radius 3 is 1.37 bits per heavy atom. The van der Waals surface area contributed by atoms with Crippen LogP contribution in [0.2, 0.25) is 0 Å². The minimum absolute atomic E-state index is 0.0579. The highest BCUT2D eigenvalue weighted by atomic mass is 14.4. The molecule has 2 aliphatic carbocycles. The molecule has 11 rings (SSSR count). The largest absolute Gasteiger partial charge is 0.0619 e. The number of benzene rings is 9. The van der Waals surface area contributed by atoms with Gasteiger partial charge >= 0.3 is 0 Å². The molecule has 0 fully saturated rings. The van der Waals surface area contributed by atoms with E-state index in [2.05, 4.69) is 198 Å². The third-order valence-electron chi connectivity index (χ3n) is 12.8. The third-order valence-corrected chi connectivity index (χ3v) is 12.8. The van der Waals surface area contributed by atoms with Crippen LogP contribution in [-0.4, -0.2) is 0 Å². The van der Waals surface area contributed by atoms with Crippen molar-refractivity contribution in [3.63, 3.8) is 0 Å². The summed E-state index contributed by atoms with van der Waals surface area (Å²) in [4.78, 5) is 0. The van der Waals surface area contributed by atoms with Crippen molar-refractivity contribution >= 4 is 32.3 Å². The van der Waals surface area contributed by atoms with E-state index in [1.54, 1.807) is 0 Å². The van der Waals surface area contributed by atoms with Gasteiger partial charge in [-0.05, 0) is 141 Å². The van der Waals surface area contributed by atoms with Crippen LogP contribution < -0.4 is 0 Å². The van der Waals surface area contributed by atoms with Crippen molar-refractivity contribution in [1.82, 2.24) is 0 Å². The van der Waals surface area contributed by atoms with Gasteiger partial charge in [-0.25, -0.2) is 0 Å². The van der Waals surface area contributed by atoms with Gasteiger partial charge in [0.15, 0.2) is 0 Å². The summed E-state index contributed by atoms with van der Waals surface area (Å²) in [5, 5.41) is 7.74. The van der Waals surface area contributed by atoms with Gasteiger partial charge in [-0.15, -0.1) is 0 Å². The Morgan fingerprint density at radius 2 is 0.704 bits per heavy atom. The highest BCUT2D eigenvalue weighted by Crippen LogP contribution is 2.53. The second-order valence-corrected chi connectivity index (χ2v) is 16.5. The molecule has 54 heavy (non-hydrogen) atoms. The minimum atomic E-state index is -0.0832. The maximum Gasteiger partial charge on any atom is 0.0159 e. The zero-order valence-electron chi connectivity index (χ0n) is 31.2. The van der Waals surface area contributed by atoms with Crippen molar-refractivity contribution in [1.29, 1.82) is 0 Å². The zero-order valence-corrected chi connectivity index (χ0v) is 31.2. The molecular weight excluding hydrogens is 649 g/mol. The second kappa shape index (κ2) is 11.1. The topological polar surface area (TPSA) is 0 Å². The van der Waals surface area contributed by atoms with Gasteiger partial charge < -0.3 is 0 Å². The monoisotopic (exact) mass is 688 g/mol. The minimum Gasteiger partial charge on any atom is -0.0619 e. The predicted molar refractivity (Wildman–Crippen MR) is 230 cm³/mol. The number of rotatable bonds is 3. The zero-order chi connectivity index (χ0) is 36.3. The van der Waals surface area contributed by atoms with Crippen LogP contribution in [-0.2, 0) is 10.8 Å². The number of hydrogen-bond acceptors (Lipinski definition) is 0. The van der Waals surface area contributed by atoms with Gasteiger partial charge in [-0.2, -0.15) is 0 Å². The molecule has 0 aliphatic heterocycles. The van der Waals surface area contributed by atoms with E-state index in [-0.39, 0.29) is 10.8 Å². The Bertz CT molecular complexity index is 2990. The van der Waals surface area contributed by atoms with E-state index in [4.69, 9.17) is 0 Å². The van der Waals surface area contributed by atoms with Gasteiger partial charge in [-0.1, -0.05) is 167 Å². The Balaban J connectivity index is 1.07. The summed E-state index contributed by atoms with van der Waals surface area (Å²) in [7, 11) is 0. The Hall–Kier alpha value is -6.24. The molecule has 0 unspecified atom stereocenters. The van der Waals surface area contributed by atoms with Crippen molar-refractivity contribution in [2.24, 2.45) is 0 Å². The fourth-order valence-electron chi connectivity index (χ4n) is 10.1. The molecule has 256 valence electrons. The molecule has 0 atom stereocenters. The van der Waals surface area contributed by atoms with E-state index in [1.165, 1.54) is 110 Å². The van der Waals surface area contributed by atoms with Crippen LogP contribution in [0.5, 0.6) is 0 Å². The Labute approximate surface area is 317 Å². The van der Waals surface area contributed by atoms with E-state index < -0.39 is 0 Å². The first-order valence-corrected chi connectivity index (χ1v) is 19.3. The van der Waals surface area contributed by atoms with E-state index in [9.17, 15) is 0 Å². The molecule has 2 aliphatic rings. The summed E-state index contributed by atoms with van der Waals surface area (Å²) in [6, 6.07) is 64.1. The van der Waals surface area contributed by atoms with Crippen LogP contribution in [0.15, 0.2) is 170 Å². The van der Waals surface area contributed by atoms with E-state index >= 15 is 0 Å². The van der Waals surface area contributed by atoms with Gasteiger partial charge in [0.05, 0.1) is 0 Å². The molecule has 0 saturated carbocycles. The van der Waals surface area contributed by atoms with Crippen molar-refractivity contribution in [3.05, 3.63) is 192 Å². The highest BCUT2D eigenvalue weighted by Gasteiger charge is 2.37. The third kappa shape index (κ3) is 4.32. The Morgan fingerprint density at radius 1 is 0.278 bits per heavy atom. The summed E-state index contributed by atoms with van der Waals surface area (Å²) < 4.78 is 0. The van der Waals surface area contributed by atoms with Gasteiger partial charge in [0.25, 0.3) is 0 Å². The predicted octanol–water partition coefficient (Wildman–Crippen LogP) is 14.8. The van der Waals surface area contributed by atoms with Crippen LogP contribution in [0.3, 0.4) is 0 Å². The molecule has 0 aromatic heterocycles. The molecule has 0 radical (unpaired) electrons. The van der Waals surface area contributed by atoms with Gasteiger partial charge in [-0.3, -0.25) is 0 Å². The van der Waals surface area contributed by atoms with Crippen LogP contribution in [0.1, 0.15) is 49.9 Å². The van der Waals surface area contributed by atoms with Crippen molar-refractivity contribution < 1.29 is 0 Å². The number of hydrogen-bond donors (Lipinski definition) is 0. The summed E-state index contributed by atoms with van der Waals surface area (Å²) in [6.45, 7) is 9.51. The molecule has 9 aromatic rings. The molecule has 0 spiro atoms. The first kappa shape index (κ1) is 31.3. The molecule has 0 heteroatoms. The Kier molecular flexibility index (Phi) is 6.46. The smallest absolute Gasteiger partial charge is 0.0159 e. The van der Waals surface area contributed by atoms with Crippen molar-refractivity contribution in [3.8, 4) is 55.6 Å². The normalized spacial score (nSPS) is 14.6. The lowest BCUT2D eigenvalue weighted by Gasteiger charge is -2.23. The van der Waals surface area contributed by atoms with Crippen molar-refractivity contribution in [2.75, 3.05) is 0 Å². The van der Waals surface area contributed by atoms with Gasteiger partial charge in [0.2, 0.25) is 0 Å². The van der Waals surface area contributed by atoms with Gasteiger partial charge in [0, 0.05) is 10.8 Å². The van der Waals surface area contributed by atoms with E-state index in [1.807, 2.05) is 0 Å². The SMILES string of the molecule is CC1(C)c2ccccc2-c2ccc(-c3c4ccccc4c(-c4cccc(-c5ccc6c(c5)C(C)(C)c5cc7ccccc7cc5-6)c4)c4ccccc34)cc21. The maximum atomic E-state index is 2.47. The molecule has 0 nitrogen and oxygen atoms in total. The van der Waals surface area contributed by atoms with Crippen LogP contribution >= 0.6 is 0 Å². The molecular formula is C54H40. The van der Waals surface area contributed by atoms with E-state index in [0.29, 0.717) is 0 Å². The summed E-state index contributed by atoms with van der Waals surface area (Å²) in [5.41, 5.74) is 18.5.